The molecule has 9 N–H and O–H groups in total. The summed E-state index contributed by atoms with van der Waals surface area (Å²) in [5.74, 6) is 0. The van der Waals surface area contributed by atoms with Crippen molar-refractivity contribution in [3.8, 4) is 0 Å². The molecule has 0 saturated carbocycles. The highest BCUT2D eigenvalue weighted by Gasteiger charge is 2.42. The summed E-state index contributed by atoms with van der Waals surface area (Å²) >= 11 is 0. The minimum Gasteiger partial charge on any atom is -0.412 e. The summed E-state index contributed by atoms with van der Waals surface area (Å²) in [5.41, 5.74) is 5.28. The van der Waals surface area contributed by atoms with Crippen LogP contribution in [0, 0.1) is 0 Å². The zero-order valence-corrected chi connectivity index (χ0v) is 9.47. The van der Waals surface area contributed by atoms with Gasteiger partial charge >= 0.3 is 7.82 Å². The highest BCUT2D eigenvalue weighted by molar-refractivity contribution is 7.46. The molecule has 0 bridgehead atoms. The summed E-state index contributed by atoms with van der Waals surface area (Å²) in [4.78, 5) is 16.8. The molecular weight excluding hydrogens is 261 g/mol. The Kier molecular flexibility index (Phi) is 6.11. The lowest BCUT2D eigenvalue weighted by Crippen LogP contribution is -2.61. The molecule has 5 unspecified atom stereocenters. The number of aliphatic hydroxyl groups is 3. The molecular formula is C6H16NO9P. The smallest absolute Gasteiger partial charge is 0.412 e. The van der Waals surface area contributed by atoms with Crippen molar-refractivity contribution in [2.24, 2.45) is 5.73 Å². The maximum Gasteiger partial charge on any atom is 0.469 e. The van der Waals surface area contributed by atoms with Crippen LogP contribution in [0.1, 0.15) is 0 Å². The molecule has 1 fully saturated rings. The van der Waals surface area contributed by atoms with Gasteiger partial charge in [-0.1, -0.05) is 0 Å². The van der Waals surface area contributed by atoms with Crippen molar-refractivity contribution in [1.82, 2.24) is 0 Å². The van der Waals surface area contributed by atoms with Gasteiger partial charge in [-0.15, -0.1) is 0 Å². The Hall–Kier alpha value is -0.130. The minimum absolute atomic E-state index is 0. The van der Waals surface area contributed by atoms with Crippen LogP contribution in [-0.4, -0.2) is 67.8 Å². The van der Waals surface area contributed by atoms with E-state index in [-0.39, 0.29) is 5.48 Å². The number of phosphoric ester groups is 1. The van der Waals surface area contributed by atoms with Gasteiger partial charge < -0.3 is 41.1 Å². The zero-order valence-electron chi connectivity index (χ0n) is 8.58. The topological polar surface area (TPSA) is 194 Å². The van der Waals surface area contributed by atoms with E-state index in [0.717, 1.165) is 0 Å². The maximum absolute atomic E-state index is 10.4. The molecule has 0 amide bonds. The van der Waals surface area contributed by atoms with Crippen molar-refractivity contribution in [3.63, 3.8) is 0 Å². The van der Waals surface area contributed by atoms with Crippen LogP contribution in [0.2, 0.25) is 0 Å². The molecule has 0 aromatic carbocycles. The fourth-order valence-corrected chi connectivity index (χ4v) is 1.62. The molecule has 1 aliphatic heterocycles. The Balaban J connectivity index is 0.00000256. The van der Waals surface area contributed by atoms with Gasteiger partial charge in [0.05, 0.1) is 12.6 Å². The second kappa shape index (κ2) is 6.16. The molecule has 104 valence electrons. The molecule has 17 heavy (non-hydrogen) atoms. The standard InChI is InChI=1S/C6H14NO8P.H2O/c7-3-5(9)4(8)2(15-6(3)10)1-14-16(11,12)13;/h2-6,8-10H,1,7H2,(H2,11,12,13);1H2. The monoisotopic (exact) mass is 277 g/mol. The van der Waals surface area contributed by atoms with Crippen molar-refractivity contribution in [2.75, 3.05) is 6.61 Å². The molecule has 10 nitrogen and oxygen atoms in total. The van der Waals surface area contributed by atoms with E-state index in [4.69, 9.17) is 20.3 Å². The second-order valence-corrected chi connectivity index (χ2v) is 4.65. The van der Waals surface area contributed by atoms with Crippen LogP contribution in [0.25, 0.3) is 0 Å². The summed E-state index contributed by atoms with van der Waals surface area (Å²) < 4.78 is 19.2. The molecule has 1 heterocycles. The van der Waals surface area contributed by atoms with Crippen LogP contribution in [-0.2, 0) is 13.8 Å². The third-order valence-electron chi connectivity index (χ3n) is 2.18. The van der Waals surface area contributed by atoms with Gasteiger partial charge in [0.15, 0.2) is 6.29 Å². The Morgan fingerprint density at radius 3 is 2.24 bits per heavy atom. The predicted octanol–water partition coefficient (Wildman–Crippen LogP) is -3.96. The van der Waals surface area contributed by atoms with E-state index in [1.165, 1.54) is 0 Å². The largest absolute Gasteiger partial charge is 0.469 e. The van der Waals surface area contributed by atoms with Crippen molar-refractivity contribution in [1.29, 1.82) is 0 Å². The number of aliphatic hydroxyl groups excluding tert-OH is 3. The van der Waals surface area contributed by atoms with Crippen molar-refractivity contribution < 1.29 is 44.4 Å². The predicted molar refractivity (Wildman–Crippen MR) is 52.5 cm³/mol. The van der Waals surface area contributed by atoms with Crippen LogP contribution in [0.5, 0.6) is 0 Å². The fourth-order valence-electron chi connectivity index (χ4n) is 1.28. The van der Waals surface area contributed by atoms with Gasteiger partial charge in [0.1, 0.15) is 18.3 Å². The van der Waals surface area contributed by atoms with E-state index < -0.39 is 45.1 Å². The molecule has 1 aliphatic rings. The van der Waals surface area contributed by atoms with Gasteiger partial charge in [-0.05, 0) is 0 Å². The number of rotatable bonds is 3. The Morgan fingerprint density at radius 1 is 1.24 bits per heavy atom. The van der Waals surface area contributed by atoms with Crippen molar-refractivity contribution >= 4 is 7.82 Å². The summed E-state index contributed by atoms with van der Waals surface area (Å²) in [6.45, 7) is -0.674. The lowest BCUT2D eigenvalue weighted by molar-refractivity contribution is -0.247. The summed E-state index contributed by atoms with van der Waals surface area (Å²) in [6.07, 6.45) is -5.76. The average molecular weight is 277 g/mol. The Morgan fingerprint density at radius 2 is 1.76 bits per heavy atom. The molecule has 0 radical (unpaired) electrons. The zero-order chi connectivity index (χ0) is 12.5. The van der Waals surface area contributed by atoms with Gasteiger partial charge in [0.25, 0.3) is 0 Å². The molecule has 1 rings (SSSR count). The van der Waals surface area contributed by atoms with E-state index in [1.54, 1.807) is 0 Å². The number of hydrogen-bond acceptors (Lipinski definition) is 7. The quantitative estimate of drug-likeness (QED) is 0.279. The summed E-state index contributed by atoms with van der Waals surface area (Å²) in [6, 6.07) is -1.19. The van der Waals surface area contributed by atoms with Gasteiger partial charge in [0, 0.05) is 0 Å². The third-order valence-corrected chi connectivity index (χ3v) is 2.66. The van der Waals surface area contributed by atoms with Crippen LogP contribution in [0.4, 0.5) is 0 Å². The third kappa shape index (κ3) is 4.56. The van der Waals surface area contributed by atoms with Crippen LogP contribution in [0.3, 0.4) is 0 Å². The molecule has 11 heteroatoms. The molecule has 5 atom stereocenters. The SMILES string of the molecule is NC1C(O)OC(COP(=O)(O)O)C(O)C1O.O. The molecule has 0 aromatic rings. The number of ether oxygens (including phenoxy) is 1. The highest BCUT2D eigenvalue weighted by atomic mass is 31.2. The molecule has 0 aromatic heterocycles. The van der Waals surface area contributed by atoms with Crippen LogP contribution in [0.15, 0.2) is 0 Å². The summed E-state index contributed by atoms with van der Waals surface area (Å²) in [7, 11) is -4.70. The summed E-state index contributed by atoms with van der Waals surface area (Å²) in [5, 5.41) is 28.0. The van der Waals surface area contributed by atoms with Crippen LogP contribution >= 0.6 is 7.82 Å². The lowest BCUT2D eigenvalue weighted by atomic mass is 9.98. The first-order chi connectivity index (χ1) is 7.22. The first kappa shape index (κ1) is 16.9. The van der Waals surface area contributed by atoms with Gasteiger partial charge in [-0.25, -0.2) is 4.57 Å². The van der Waals surface area contributed by atoms with Crippen LogP contribution < -0.4 is 5.73 Å². The number of nitrogens with two attached hydrogens (primary N) is 1. The first-order valence-corrected chi connectivity index (χ1v) is 5.91. The lowest BCUT2D eigenvalue weighted by Gasteiger charge is -2.38. The van der Waals surface area contributed by atoms with E-state index >= 15 is 0 Å². The second-order valence-electron chi connectivity index (χ2n) is 3.41. The van der Waals surface area contributed by atoms with E-state index in [9.17, 15) is 19.9 Å². The fraction of sp³-hybridized carbons (Fsp3) is 1.00. The number of phosphoric acid groups is 1. The first-order valence-electron chi connectivity index (χ1n) is 4.37. The van der Waals surface area contributed by atoms with Crippen molar-refractivity contribution in [2.45, 2.75) is 30.6 Å². The van der Waals surface area contributed by atoms with E-state index in [1.807, 2.05) is 0 Å². The molecule has 0 aliphatic carbocycles. The normalized spacial score (nSPS) is 38.6. The molecule has 0 spiro atoms. The van der Waals surface area contributed by atoms with E-state index in [2.05, 4.69) is 4.52 Å². The van der Waals surface area contributed by atoms with Gasteiger partial charge in [0.2, 0.25) is 0 Å². The van der Waals surface area contributed by atoms with Gasteiger partial charge in [-0.2, -0.15) is 0 Å². The maximum atomic E-state index is 10.4. The number of hydrogen-bond donors (Lipinski definition) is 6. The highest BCUT2D eigenvalue weighted by Crippen LogP contribution is 2.36. The van der Waals surface area contributed by atoms with Crippen molar-refractivity contribution in [3.05, 3.63) is 0 Å². The average Bonchev–Trinajstić information content (AvgIpc) is 2.17. The van der Waals surface area contributed by atoms with E-state index in [0.29, 0.717) is 0 Å². The Bertz CT molecular complexity index is 283. The minimum atomic E-state index is -4.70. The van der Waals surface area contributed by atoms with Gasteiger partial charge in [-0.3, -0.25) is 4.52 Å². The molecule has 1 saturated heterocycles. The Labute approximate surface area is 96.1 Å².